The monoisotopic (exact) mass is 260 g/mol. The number of phenolic OH excluding ortho intramolecular Hbond substituents is 1. The smallest absolute Gasteiger partial charge is 0.193 e. The molecule has 2 aromatic rings. The molecule has 2 nitrogen and oxygen atoms in total. The van der Waals surface area contributed by atoms with Gasteiger partial charge in [0.25, 0.3) is 0 Å². The minimum Gasteiger partial charge on any atom is -0.507 e. The lowest BCUT2D eigenvalue weighted by Gasteiger charge is -2.07. The first-order valence-electron chi connectivity index (χ1n) is 5.59. The Bertz CT molecular complexity index is 595. The molecule has 92 valence electrons. The number of hydrogen-bond donors (Lipinski definition) is 1. The first kappa shape index (κ1) is 12.7. The second-order valence-electron chi connectivity index (χ2n) is 4.30. The van der Waals surface area contributed by atoms with Gasteiger partial charge in [0.2, 0.25) is 0 Å². The summed E-state index contributed by atoms with van der Waals surface area (Å²) in [5.74, 6) is 0.140. The van der Waals surface area contributed by atoms with Gasteiger partial charge >= 0.3 is 0 Å². The van der Waals surface area contributed by atoms with Crippen LogP contribution in [0.2, 0.25) is 5.02 Å². The van der Waals surface area contributed by atoms with E-state index in [1.165, 1.54) is 0 Å². The molecule has 0 aliphatic rings. The number of halogens is 1. The highest BCUT2D eigenvalue weighted by Crippen LogP contribution is 2.24. The second kappa shape index (κ2) is 4.83. The SMILES string of the molecule is Cc1cc(C(=O)c2cccc(Cl)c2)cc(C)c1O. The highest BCUT2D eigenvalue weighted by molar-refractivity contribution is 6.31. The molecule has 0 aromatic heterocycles. The quantitative estimate of drug-likeness (QED) is 0.832. The van der Waals surface area contributed by atoms with E-state index < -0.39 is 0 Å². The molecule has 1 N–H and O–H groups in total. The average molecular weight is 261 g/mol. The summed E-state index contributed by atoms with van der Waals surface area (Å²) in [5.41, 5.74) is 2.50. The molecule has 0 bridgehead atoms. The van der Waals surface area contributed by atoms with Crippen molar-refractivity contribution in [1.82, 2.24) is 0 Å². The Labute approximate surface area is 111 Å². The predicted octanol–water partition coefficient (Wildman–Crippen LogP) is 3.89. The van der Waals surface area contributed by atoms with Gasteiger partial charge in [-0.25, -0.2) is 0 Å². The van der Waals surface area contributed by atoms with E-state index in [2.05, 4.69) is 0 Å². The molecule has 0 amide bonds. The van der Waals surface area contributed by atoms with Crippen molar-refractivity contribution in [3.05, 3.63) is 63.7 Å². The summed E-state index contributed by atoms with van der Waals surface area (Å²) in [6, 6.07) is 10.2. The molecule has 0 unspecified atom stereocenters. The Balaban J connectivity index is 2.47. The van der Waals surface area contributed by atoms with Crippen molar-refractivity contribution in [2.75, 3.05) is 0 Å². The molecule has 0 aliphatic carbocycles. The molecule has 18 heavy (non-hydrogen) atoms. The van der Waals surface area contributed by atoms with Gasteiger partial charge in [0.1, 0.15) is 5.75 Å². The summed E-state index contributed by atoms with van der Waals surface area (Å²) in [6.07, 6.45) is 0. The zero-order valence-corrected chi connectivity index (χ0v) is 11.0. The van der Waals surface area contributed by atoms with Crippen molar-refractivity contribution < 1.29 is 9.90 Å². The lowest BCUT2D eigenvalue weighted by Crippen LogP contribution is -2.02. The van der Waals surface area contributed by atoms with Crippen LogP contribution in [0.3, 0.4) is 0 Å². The third kappa shape index (κ3) is 2.39. The van der Waals surface area contributed by atoms with E-state index in [-0.39, 0.29) is 11.5 Å². The van der Waals surface area contributed by atoms with Gasteiger partial charge in [-0.15, -0.1) is 0 Å². The lowest BCUT2D eigenvalue weighted by molar-refractivity contribution is 0.103. The van der Waals surface area contributed by atoms with Crippen molar-refractivity contribution in [1.29, 1.82) is 0 Å². The molecule has 2 aromatic carbocycles. The molecule has 0 spiro atoms. The van der Waals surface area contributed by atoms with Gasteiger partial charge in [0, 0.05) is 16.1 Å². The van der Waals surface area contributed by atoms with Crippen LogP contribution in [0.25, 0.3) is 0 Å². The number of phenols is 1. The van der Waals surface area contributed by atoms with E-state index >= 15 is 0 Å². The summed E-state index contributed by atoms with van der Waals surface area (Å²) in [7, 11) is 0. The third-order valence-corrected chi connectivity index (χ3v) is 3.08. The number of ketones is 1. The fourth-order valence-corrected chi connectivity index (χ4v) is 2.07. The van der Waals surface area contributed by atoms with Gasteiger partial charge in [-0.2, -0.15) is 0 Å². The summed E-state index contributed by atoms with van der Waals surface area (Å²) in [4.78, 5) is 12.3. The average Bonchev–Trinajstić information content (AvgIpc) is 2.34. The number of aryl methyl sites for hydroxylation is 2. The Kier molecular flexibility index (Phi) is 3.39. The Morgan fingerprint density at radius 2 is 1.67 bits per heavy atom. The zero-order valence-electron chi connectivity index (χ0n) is 10.2. The van der Waals surface area contributed by atoms with Crippen LogP contribution in [-0.2, 0) is 0 Å². The van der Waals surface area contributed by atoms with Crippen LogP contribution in [0.4, 0.5) is 0 Å². The molecule has 0 aliphatic heterocycles. The van der Waals surface area contributed by atoms with E-state index in [4.69, 9.17) is 11.6 Å². The standard InChI is InChI=1S/C15H13ClO2/c1-9-6-12(7-10(2)14(9)17)15(18)11-4-3-5-13(16)8-11/h3-8,17H,1-2H3. The maximum Gasteiger partial charge on any atom is 0.193 e. The van der Waals surface area contributed by atoms with E-state index in [1.54, 1.807) is 50.2 Å². The van der Waals surface area contributed by atoms with Crippen LogP contribution < -0.4 is 0 Å². The summed E-state index contributed by atoms with van der Waals surface area (Å²) >= 11 is 5.87. The van der Waals surface area contributed by atoms with Gasteiger partial charge in [-0.1, -0.05) is 23.7 Å². The minimum atomic E-state index is -0.0938. The number of carbonyl (C=O) groups is 1. The number of benzene rings is 2. The van der Waals surface area contributed by atoms with Crippen LogP contribution in [-0.4, -0.2) is 10.9 Å². The van der Waals surface area contributed by atoms with Crippen LogP contribution in [0.1, 0.15) is 27.0 Å². The van der Waals surface area contributed by atoms with Crippen LogP contribution in [0.15, 0.2) is 36.4 Å². The lowest BCUT2D eigenvalue weighted by atomic mass is 9.99. The molecule has 0 saturated carbocycles. The highest BCUT2D eigenvalue weighted by Gasteiger charge is 2.12. The molecule has 2 rings (SSSR count). The fourth-order valence-electron chi connectivity index (χ4n) is 1.88. The third-order valence-electron chi connectivity index (χ3n) is 2.84. The number of rotatable bonds is 2. The normalized spacial score (nSPS) is 10.4. The summed E-state index contributed by atoms with van der Waals surface area (Å²) in [6.45, 7) is 3.55. The Morgan fingerprint density at radius 1 is 1.06 bits per heavy atom. The van der Waals surface area contributed by atoms with Gasteiger partial charge in [0.05, 0.1) is 0 Å². The minimum absolute atomic E-state index is 0.0938. The fraction of sp³-hybridized carbons (Fsp3) is 0.133. The summed E-state index contributed by atoms with van der Waals surface area (Å²) < 4.78 is 0. The molecule has 0 saturated heterocycles. The zero-order chi connectivity index (χ0) is 13.3. The molecular formula is C15H13ClO2. The maximum absolute atomic E-state index is 12.3. The molecular weight excluding hydrogens is 248 g/mol. The van der Waals surface area contributed by atoms with Crippen LogP contribution in [0.5, 0.6) is 5.75 Å². The molecule has 0 fully saturated rings. The molecule has 3 heteroatoms. The maximum atomic E-state index is 12.3. The van der Waals surface area contributed by atoms with E-state index in [1.807, 2.05) is 0 Å². The van der Waals surface area contributed by atoms with Gasteiger partial charge in [0.15, 0.2) is 5.78 Å². The van der Waals surface area contributed by atoms with Crippen molar-refractivity contribution in [3.63, 3.8) is 0 Å². The largest absolute Gasteiger partial charge is 0.507 e. The first-order chi connectivity index (χ1) is 8.49. The number of carbonyl (C=O) groups excluding carboxylic acids is 1. The van der Waals surface area contributed by atoms with E-state index in [9.17, 15) is 9.90 Å². The van der Waals surface area contributed by atoms with Crippen LogP contribution in [0, 0.1) is 13.8 Å². The van der Waals surface area contributed by atoms with Crippen molar-refractivity contribution in [3.8, 4) is 5.75 Å². The molecule has 0 radical (unpaired) electrons. The molecule has 0 heterocycles. The van der Waals surface area contributed by atoms with Crippen molar-refractivity contribution in [2.45, 2.75) is 13.8 Å². The van der Waals surface area contributed by atoms with Crippen LogP contribution >= 0.6 is 11.6 Å². The summed E-state index contributed by atoms with van der Waals surface area (Å²) in [5, 5.41) is 10.2. The molecule has 0 atom stereocenters. The second-order valence-corrected chi connectivity index (χ2v) is 4.73. The van der Waals surface area contributed by atoms with Gasteiger partial charge in [-0.05, 0) is 49.2 Å². The van der Waals surface area contributed by atoms with Crippen molar-refractivity contribution in [2.24, 2.45) is 0 Å². The number of hydrogen-bond acceptors (Lipinski definition) is 2. The Hall–Kier alpha value is -1.80. The number of aromatic hydroxyl groups is 1. The van der Waals surface area contributed by atoms with Crippen molar-refractivity contribution >= 4 is 17.4 Å². The van der Waals surface area contributed by atoms with Gasteiger partial charge in [-0.3, -0.25) is 4.79 Å². The first-order valence-corrected chi connectivity index (χ1v) is 5.97. The Morgan fingerprint density at radius 3 is 2.22 bits per heavy atom. The van der Waals surface area contributed by atoms with E-state index in [0.29, 0.717) is 27.3 Å². The highest BCUT2D eigenvalue weighted by atomic mass is 35.5. The predicted molar refractivity (Wildman–Crippen MR) is 72.5 cm³/mol. The van der Waals surface area contributed by atoms with E-state index in [0.717, 1.165) is 0 Å². The van der Waals surface area contributed by atoms with Gasteiger partial charge < -0.3 is 5.11 Å². The topological polar surface area (TPSA) is 37.3 Å².